The van der Waals surface area contributed by atoms with Gasteiger partial charge in [0, 0.05) is 20.7 Å². The summed E-state index contributed by atoms with van der Waals surface area (Å²) in [5.41, 5.74) is -0.0891. The molecule has 1 aromatic carbocycles. The van der Waals surface area contributed by atoms with E-state index in [2.05, 4.69) is 0 Å². The van der Waals surface area contributed by atoms with E-state index >= 15 is 0 Å². The van der Waals surface area contributed by atoms with Crippen LogP contribution in [0, 0.1) is 5.82 Å². The molecule has 19 heavy (non-hydrogen) atoms. The lowest BCUT2D eigenvalue weighted by Gasteiger charge is -2.21. The Balaban J connectivity index is 2.88. The van der Waals surface area contributed by atoms with Crippen LogP contribution < -0.4 is 4.74 Å². The number of nitrogens with zero attached hydrogens (tertiary/aromatic N) is 1. The van der Waals surface area contributed by atoms with Crippen LogP contribution in [0.4, 0.5) is 4.39 Å². The molecule has 0 heterocycles. The van der Waals surface area contributed by atoms with E-state index in [1.54, 1.807) is 7.05 Å². The van der Waals surface area contributed by atoms with Gasteiger partial charge in [-0.1, -0.05) is 6.07 Å². The van der Waals surface area contributed by atoms with E-state index in [-0.39, 0.29) is 23.2 Å². The van der Waals surface area contributed by atoms with Gasteiger partial charge in [-0.3, -0.25) is 4.79 Å². The molecule has 0 aliphatic heterocycles. The van der Waals surface area contributed by atoms with Gasteiger partial charge >= 0.3 is 0 Å². The second-order valence-electron chi connectivity index (χ2n) is 4.06. The lowest BCUT2D eigenvalue weighted by molar-refractivity contribution is 0.0773. The van der Waals surface area contributed by atoms with Gasteiger partial charge < -0.3 is 14.4 Å². The smallest absolute Gasteiger partial charge is 0.260 e. The lowest BCUT2D eigenvalue weighted by Crippen LogP contribution is -2.34. The molecule has 1 aromatic rings. The van der Waals surface area contributed by atoms with Crippen LogP contribution in [0.1, 0.15) is 10.4 Å². The van der Waals surface area contributed by atoms with Crippen molar-refractivity contribution in [3.05, 3.63) is 29.6 Å². The van der Waals surface area contributed by atoms with E-state index in [1.807, 2.05) is 0 Å². The van der Waals surface area contributed by atoms with Crippen LogP contribution in [0.3, 0.4) is 0 Å². The first kappa shape index (κ1) is 15.7. The highest BCUT2D eigenvalue weighted by Crippen LogP contribution is 2.22. The van der Waals surface area contributed by atoms with E-state index in [1.165, 1.54) is 37.3 Å². The van der Waals surface area contributed by atoms with Gasteiger partial charge in [0.1, 0.15) is 17.1 Å². The van der Waals surface area contributed by atoms with Crippen molar-refractivity contribution in [3.63, 3.8) is 0 Å². The molecule has 1 atom stereocenters. The van der Waals surface area contributed by atoms with Crippen LogP contribution in [0.5, 0.6) is 5.75 Å². The van der Waals surface area contributed by atoms with E-state index in [4.69, 9.17) is 21.1 Å². The maximum atomic E-state index is 13.7. The zero-order valence-corrected chi connectivity index (χ0v) is 11.9. The second-order valence-corrected chi connectivity index (χ2v) is 4.67. The first-order valence-electron chi connectivity index (χ1n) is 5.72. The summed E-state index contributed by atoms with van der Waals surface area (Å²) in [4.78, 5) is 13.5. The number of alkyl halides is 1. The number of amides is 1. The number of halogens is 2. The molecule has 0 saturated heterocycles. The average molecular weight is 290 g/mol. The van der Waals surface area contributed by atoms with Gasteiger partial charge in [-0.2, -0.15) is 0 Å². The Hall–Kier alpha value is -1.33. The Kier molecular flexibility index (Phi) is 6.05. The first-order chi connectivity index (χ1) is 9.01. The molecule has 0 N–H and O–H groups in total. The predicted molar refractivity (Wildman–Crippen MR) is 71.4 cm³/mol. The predicted octanol–water partition coefficient (Wildman–Crippen LogP) is 2.16. The van der Waals surface area contributed by atoms with Gasteiger partial charge in [0.15, 0.2) is 0 Å². The third kappa shape index (κ3) is 4.08. The molecule has 0 saturated carbocycles. The molecule has 1 amide bonds. The fraction of sp³-hybridized carbons (Fsp3) is 0.462. The molecular formula is C13H17ClFNO3. The van der Waals surface area contributed by atoms with Crippen molar-refractivity contribution in [1.29, 1.82) is 0 Å². The highest BCUT2D eigenvalue weighted by molar-refractivity contribution is 6.21. The molecule has 6 heteroatoms. The molecule has 1 rings (SSSR count). The van der Waals surface area contributed by atoms with Crippen molar-refractivity contribution in [1.82, 2.24) is 4.90 Å². The van der Waals surface area contributed by atoms with E-state index in [0.717, 1.165) is 0 Å². The Morgan fingerprint density at radius 3 is 2.74 bits per heavy atom. The van der Waals surface area contributed by atoms with Crippen molar-refractivity contribution in [2.45, 2.75) is 5.38 Å². The number of hydrogen-bond donors (Lipinski definition) is 0. The summed E-state index contributed by atoms with van der Waals surface area (Å²) in [6, 6.07) is 4.24. The van der Waals surface area contributed by atoms with E-state index in [9.17, 15) is 9.18 Å². The molecule has 0 aliphatic carbocycles. The fourth-order valence-corrected chi connectivity index (χ4v) is 2.02. The summed E-state index contributed by atoms with van der Waals surface area (Å²) in [5, 5.41) is -0.350. The quantitative estimate of drug-likeness (QED) is 0.753. The summed E-state index contributed by atoms with van der Waals surface area (Å²) in [6.45, 7) is 0.569. The minimum Gasteiger partial charge on any atom is -0.496 e. The SMILES string of the molecule is COCC(Cl)CN(C)C(=O)c1c(F)cccc1OC. The number of carbonyl (C=O) groups excluding carboxylic acids is 1. The van der Waals surface area contributed by atoms with Crippen LogP contribution in [-0.4, -0.2) is 50.6 Å². The Labute approximate surface area is 117 Å². The van der Waals surface area contributed by atoms with Gasteiger partial charge in [-0.25, -0.2) is 4.39 Å². The first-order valence-corrected chi connectivity index (χ1v) is 6.15. The fourth-order valence-electron chi connectivity index (χ4n) is 1.69. The third-order valence-electron chi connectivity index (χ3n) is 2.58. The molecule has 0 bridgehead atoms. The zero-order chi connectivity index (χ0) is 14.4. The Bertz CT molecular complexity index is 442. The van der Waals surface area contributed by atoms with Crippen molar-refractivity contribution in [2.24, 2.45) is 0 Å². The highest BCUT2D eigenvalue weighted by atomic mass is 35.5. The van der Waals surface area contributed by atoms with Crippen LogP contribution in [0.25, 0.3) is 0 Å². The Morgan fingerprint density at radius 2 is 2.16 bits per heavy atom. The van der Waals surface area contributed by atoms with Crippen LogP contribution in [0.15, 0.2) is 18.2 Å². The van der Waals surface area contributed by atoms with E-state index in [0.29, 0.717) is 6.61 Å². The molecule has 0 aliphatic rings. The minimum atomic E-state index is -0.617. The molecule has 106 valence electrons. The maximum absolute atomic E-state index is 13.7. The van der Waals surface area contributed by atoms with Gasteiger partial charge in [0.05, 0.1) is 19.1 Å². The van der Waals surface area contributed by atoms with Crippen molar-refractivity contribution >= 4 is 17.5 Å². The van der Waals surface area contributed by atoms with E-state index < -0.39 is 11.7 Å². The third-order valence-corrected chi connectivity index (χ3v) is 2.84. The van der Waals surface area contributed by atoms with Crippen molar-refractivity contribution < 1.29 is 18.7 Å². The summed E-state index contributed by atoms with van der Waals surface area (Å²) < 4.78 is 23.6. The summed E-state index contributed by atoms with van der Waals surface area (Å²) >= 11 is 5.98. The summed E-state index contributed by atoms with van der Waals surface area (Å²) in [7, 11) is 4.47. The molecule has 0 radical (unpaired) electrons. The largest absolute Gasteiger partial charge is 0.496 e. The maximum Gasteiger partial charge on any atom is 0.260 e. The summed E-state index contributed by atoms with van der Waals surface area (Å²) in [5.74, 6) is -0.888. The molecular weight excluding hydrogens is 273 g/mol. The second kappa shape index (κ2) is 7.31. The molecule has 4 nitrogen and oxygen atoms in total. The molecule has 0 fully saturated rings. The van der Waals surface area contributed by atoms with Gasteiger partial charge in [0.2, 0.25) is 0 Å². The number of carbonyl (C=O) groups is 1. The topological polar surface area (TPSA) is 38.8 Å². The van der Waals surface area contributed by atoms with Crippen LogP contribution >= 0.6 is 11.6 Å². The average Bonchev–Trinajstić information content (AvgIpc) is 2.37. The molecule has 0 spiro atoms. The molecule has 0 aromatic heterocycles. The van der Waals surface area contributed by atoms with Gasteiger partial charge in [-0.05, 0) is 12.1 Å². The summed E-state index contributed by atoms with van der Waals surface area (Å²) in [6.07, 6.45) is 0. The lowest BCUT2D eigenvalue weighted by atomic mass is 10.1. The monoisotopic (exact) mass is 289 g/mol. The normalized spacial score (nSPS) is 12.1. The number of benzene rings is 1. The van der Waals surface area contributed by atoms with Crippen molar-refractivity contribution in [3.8, 4) is 5.75 Å². The number of rotatable bonds is 6. The number of methoxy groups -OCH3 is 2. The highest BCUT2D eigenvalue weighted by Gasteiger charge is 2.22. The van der Waals surface area contributed by atoms with Crippen molar-refractivity contribution in [2.75, 3.05) is 34.4 Å². The number of ether oxygens (including phenoxy) is 2. The Morgan fingerprint density at radius 1 is 1.47 bits per heavy atom. The van der Waals surface area contributed by atoms with Gasteiger partial charge in [-0.15, -0.1) is 11.6 Å². The molecule has 1 unspecified atom stereocenters. The zero-order valence-electron chi connectivity index (χ0n) is 11.2. The standard InChI is InChI=1S/C13H17ClFNO3/c1-16(7-9(14)8-18-2)13(17)12-10(15)5-4-6-11(12)19-3/h4-6,9H,7-8H2,1-3H3. The van der Waals surface area contributed by atoms with Gasteiger partial charge in [0.25, 0.3) is 5.91 Å². The van der Waals surface area contributed by atoms with Crippen LogP contribution in [-0.2, 0) is 4.74 Å². The number of hydrogen-bond acceptors (Lipinski definition) is 3. The van der Waals surface area contributed by atoms with Crippen LogP contribution in [0.2, 0.25) is 0 Å². The minimum absolute atomic E-state index is 0.0891.